The first kappa shape index (κ1) is 14.3. The molecule has 2 rings (SSSR count). The van der Waals surface area contributed by atoms with Gasteiger partial charge in [-0.1, -0.05) is 32.0 Å². The molecule has 2 aromatic rings. The molecule has 20 heavy (non-hydrogen) atoms. The standard InChI is InChI=1S/C17H21NO2/c1-11(2)14-6-4-5-7-16(14)18-12(3)15-10-13(19)8-9-17(15)20/h4-12,18-20H,1-3H3. The van der Waals surface area contributed by atoms with Crippen molar-refractivity contribution in [2.75, 3.05) is 5.32 Å². The third-order valence-corrected chi connectivity index (χ3v) is 3.43. The molecule has 0 spiro atoms. The lowest BCUT2D eigenvalue weighted by Gasteiger charge is -2.20. The Morgan fingerprint density at radius 3 is 2.30 bits per heavy atom. The summed E-state index contributed by atoms with van der Waals surface area (Å²) in [5.41, 5.74) is 2.97. The predicted octanol–water partition coefficient (Wildman–Crippen LogP) is 4.39. The number of phenols is 2. The Bertz CT molecular complexity index is 593. The van der Waals surface area contributed by atoms with Crippen LogP contribution in [0.1, 0.15) is 43.9 Å². The summed E-state index contributed by atoms with van der Waals surface area (Å²) in [6.07, 6.45) is 0. The van der Waals surface area contributed by atoms with Gasteiger partial charge in [-0.2, -0.15) is 0 Å². The van der Waals surface area contributed by atoms with Gasteiger partial charge in [-0.15, -0.1) is 0 Å². The number of hydrogen-bond donors (Lipinski definition) is 3. The topological polar surface area (TPSA) is 52.5 Å². The Labute approximate surface area is 119 Å². The van der Waals surface area contributed by atoms with Gasteiger partial charge in [0.05, 0.1) is 6.04 Å². The molecule has 0 saturated heterocycles. The molecule has 2 aromatic carbocycles. The lowest BCUT2D eigenvalue weighted by Crippen LogP contribution is -2.09. The smallest absolute Gasteiger partial charge is 0.121 e. The highest BCUT2D eigenvalue weighted by molar-refractivity contribution is 5.55. The molecular formula is C17H21NO2. The van der Waals surface area contributed by atoms with E-state index in [4.69, 9.17) is 0 Å². The summed E-state index contributed by atoms with van der Waals surface area (Å²) < 4.78 is 0. The number of benzene rings is 2. The number of rotatable bonds is 4. The highest BCUT2D eigenvalue weighted by Crippen LogP contribution is 2.32. The van der Waals surface area contributed by atoms with Crippen LogP contribution in [0, 0.1) is 0 Å². The second-order valence-electron chi connectivity index (χ2n) is 5.35. The third kappa shape index (κ3) is 3.05. The van der Waals surface area contributed by atoms with Crippen molar-refractivity contribution in [1.29, 1.82) is 0 Å². The molecule has 0 fully saturated rings. The Hall–Kier alpha value is -2.16. The van der Waals surface area contributed by atoms with Gasteiger partial charge >= 0.3 is 0 Å². The average molecular weight is 271 g/mol. The summed E-state index contributed by atoms with van der Waals surface area (Å²) in [5.74, 6) is 0.761. The average Bonchev–Trinajstić information content (AvgIpc) is 2.41. The van der Waals surface area contributed by atoms with Gasteiger partial charge < -0.3 is 15.5 Å². The summed E-state index contributed by atoms with van der Waals surface area (Å²) in [4.78, 5) is 0. The van der Waals surface area contributed by atoms with Crippen molar-refractivity contribution in [3.05, 3.63) is 53.6 Å². The highest BCUT2D eigenvalue weighted by atomic mass is 16.3. The van der Waals surface area contributed by atoms with Crippen LogP contribution >= 0.6 is 0 Å². The molecular weight excluding hydrogens is 250 g/mol. The van der Waals surface area contributed by atoms with Gasteiger partial charge in [-0.25, -0.2) is 0 Å². The maximum absolute atomic E-state index is 9.91. The number of aromatic hydroxyl groups is 2. The number of hydrogen-bond acceptors (Lipinski definition) is 3. The Kier molecular flexibility index (Phi) is 4.18. The summed E-state index contributed by atoms with van der Waals surface area (Å²) >= 11 is 0. The first-order valence-electron chi connectivity index (χ1n) is 6.86. The molecule has 0 aliphatic carbocycles. The minimum Gasteiger partial charge on any atom is -0.508 e. The normalized spacial score (nSPS) is 12.4. The Morgan fingerprint density at radius 2 is 1.60 bits per heavy atom. The largest absolute Gasteiger partial charge is 0.508 e. The third-order valence-electron chi connectivity index (χ3n) is 3.43. The van der Waals surface area contributed by atoms with Crippen LogP contribution in [0.3, 0.4) is 0 Å². The van der Waals surface area contributed by atoms with E-state index in [-0.39, 0.29) is 17.5 Å². The zero-order chi connectivity index (χ0) is 14.7. The van der Waals surface area contributed by atoms with Crippen LogP contribution in [0.4, 0.5) is 5.69 Å². The van der Waals surface area contributed by atoms with Crippen LogP contribution in [0.5, 0.6) is 11.5 Å². The van der Waals surface area contributed by atoms with Gasteiger partial charge in [0.2, 0.25) is 0 Å². The minimum absolute atomic E-state index is 0.0954. The van der Waals surface area contributed by atoms with Crippen LogP contribution in [0.25, 0.3) is 0 Å². The van der Waals surface area contributed by atoms with E-state index >= 15 is 0 Å². The molecule has 0 heterocycles. The number of anilines is 1. The van der Waals surface area contributed by atoms with E-state index in [0.717, 1.165) is 5.69 Å². The molecule has 0 saturated carbocycles. The molecule has 0 bridgehead atoms. The molecule has 1 atom stereocenters. The zero-order valence-corrected chi connectivity index (χ0v) is 12.1. The quantitative estimate of drug-likeness (QED) is 0.723. The lowest BCUT2D eigenvalue weighted by atomic mass is 9.99. The van der Waals surface area contributed by atoms with Gasteiger partial charge in [-0.05, 0) is 42.7 Å². The van der Waals surface area contributed by atoms with E-state index in [1.54, 1.807) is 6.07 Å². The Morgan fingerprint density at radius 1 is 0.900 bits per heavy atom. The molecule has 0 aliphatic rings. The predicted molar refractivity (Wildman–Crippen MR) is 82.3 cm³/mol. The molecule has 3 heteroatoms. The minimum atomic E-state index is -0.0954. The van der Waals surface area contributed by atoms with Crippen molar-refractivity contribution in [2.24, 2.45) is 0 Å². The van der Waals surface area contributed by atoms with Crippen molar-refractivity contribution in [3.8, 4) is 11.5 Å². The monoisotopic (exact) mass is 271 g/mol. The number of phenolic OH excluding ortho intramolecular Hbond substituents is 2. The van der Waals surface area contributed by atoms with Crippen molar-refractivity contribution >= 4 is 5.69 Å². The molecule has 106 valence electrons. The molecule has 3 N–H and O–H groups in total. The van der Waals surface area contributed by atoms with E-state index < -0.39 is 0 Å². The first-order valence-corrected chi connectivity index (χ1v) is 6.86. The zero-order valence-electron chi connectivity index (χ0n) is 12.1. The van der Waals surface area contributed by atoms with Gasteiger partial charge in [0.1, 0.15) is 11.5 Å². The molecule has 0 radical (unpaired) electrons. The van der Waals surface area contributed by atoms with Crippen LogP contribution in [-0.4, -0.2) is 10.2 Å². The maximum Gasteiger partial charge on any atom is 0.121 e. The van der Waals surface area contributed by atoms with Crippen LogP contribution in [-0.2, 0) is 0 Å². The van der Waals surface area contributed by atoms with E-state index in [1.165, 1.54) is 17.7 Å². The van der Waals surface area contributed by atoms with Crippen LogP contribution in [0.2, 0.25) is 0 Å². The van der Waals surface area contributed by atoms with Gasteiger partial charge in [0.15, 0.2) is 0 Å². The van der Waals surface area contributed by atoms with Crippen LogP contribution < -0.4 is 5.32 Å². The Balaban J connectivity index is 2.28. The van der Waals surface area contributed by atoms with E-state index in [1.807, 2.05) is 25.1 Å². The summed E-state index contributed by atoms with van der Waals surface area (Å²) in [7, 11) is 0. The first-order chi connectivity index (χ1) is 9.49. The number of para-hydroxylation sites is 1. The fraction of sp³-hybridized carbons (Fsp3) is 0.294. The second kappa shape index (κ2) is 5.87. The van der Waals surface area contributed by atoms with E-state index in [2.05, 4.69) is 25.2 Å². The van der Waals surface area contributed by atoms with Crippen molar-refractivity contribution in [3.63, 3.8) is 0 Å². The number of nitrogens with one attached hydrogen (secondary N) is 1. The van der Waals surface area contributed by atoms with Gasteiger partial charge in [0, 0.05) is 11.3 Å². The summed E-state index contributed by atoms with van der Waals surface area (Å²) in [6, 6.07) is 12.6. The fourth-order valence-corrected chi connectivity index (χ4v) is 2.33. The molecule has 1 unspecified atom stereocenters. The van der Waals surface area contributed by atoms with Crippen LogP contribution in [0.15, 0.2) is 42.5 Å². The molecule has 3 nitrogen and oxygen atoms in total. The van der Waals surface area contributed by atoms with E-state index in [9.17, 15) is 10.2 Å². The highest BCUT2D eigenvalue weighted by Gasteiger charge is 2.13. The van der Waals surface area contributed by atoms with Crippen molar-refractivity contribution < 1.29 is 10.2 Å². The summed E-state index contributed by atoms with van der Waals surface area (Å²) in [6.45, 7) is 6.26. The lowest BCUT2D eigenvalue weighted by molar-refractivity contribution is 0.451. The molecule has 0 aromatic heterocycles. The van der Waals surface area contributed by atoms with E-state index in [0.29, 0.717) is 11.5 Å². The van der Waals surface area contributed by atoms with Crippen molar-refractivity contribution in [2.45, 2.75) is 32.7 Å². The molecule has 0 amide bonds. The van der Waals surface area contributed by atoms with Crippen molar-refractivity contribution in [1.82, 2.24) is 0 Å². The van der Waals surface area contributed by atoms with Gasteiger partial charge in [0.25, 0.3) is 0 Å². The maximum atomic E-state index is 9.91. The second-order valence-corrected chi connectivity index (χ2v) is 5.35. The fourth-order valence-electron chi connectivity index (χ4n) is 2.33. The molecule has 0 aliphatic heterocycles. The summed E-state index contributed by atoms with van der Waals surface area (Å²) in [5, 5.41) is 22.9. The van der Waals surface area contributed by atoms with Gasteiger partial charge in [-0.3, -0.25) is 0 Å². The SMILES string of the molecule is CC(C)c1ccccc1NC(C)c1cc(O)ccc1O.